The van der Waals surface area contributed by atoms with E-state index in [2.05, 4.69) is 5.09 Å². The van der Waals surface area contributed by atoms with Crippen LogP contribution in [0.4, 0.5) is 5.69 Å². The van der Waals surface area contributed by atoms with E-state index in [1.165, 1.54) is 13.2 Å². The van der Waals surface area contributed by atoms with Crippen molar-refractivity contribution in [2.75, 3.05) is 32.2 Å². The lowest BCUT2D eigenvalue weighted by Gasteiger charge is -2.27. The third-order valence-electron chi connectivity index (χ3n) is 5.43. The number of nitrogens with zero attached hydrogens (tertiary/aromatic N) is 1. The van der Waals surface area contributed by atoms with Gasteiger partial charge in [0.15, 0.2) is 0 Å². The van der Waals surface area contributed by atoms with Crippen molar-refractivity contribution in [3.05, 3.63) is 70.6 Å². The Morgan fingerprint density at radius 3 is 2.51 bits per heavy atom. The zero-order valence-corrected chi connectivity index (χ0v) is 21.4. The molecule has 3 aromatic rings. The smallest absolute Gasteiger partial charge is 0.459 e. The number of hydrogen-bond acceptors (Lipinski definition) is 8. The van der Waals surface area contributed by atoms with Gasteiger partial charge in [0.2, 0.25) is 0 Å². The SMILES string of the molecule is COC(=O)C(NP(=O)(OCCN(C)c1cc(=O)oc2c(C)cccc12)Oc1ccccc1)C(C)C. The second kappa shape index (κ2) is 11.5. The molecule has 35 heavy (non-hydrogen) atoms. The van der Waals surface area contributed by atoms with Gasteiger partial charge in [0.25, 0.3) is 0 Å². The van der Waals surface area contributed by atoms with Crippen molar-refractivity contribution < 1.29 is 27.6 Å². The van der Waals surface area contributed by atoms with E-state index in [-0.39, 0.29) is 19.1 Å². The Morgan fingerprint density at radius 1 is 1.14 bits per heavy atom. The molecule has 1 N–H and O–H groups in total. The van der Waals surface area contributed by atoms with Crippen LogP contribution in [0, 0.1) is 12.8 Å². The molecule has 0 saturated carbocycles. The Bertz CT molecular complexity index is 1260. The van der Waals surface area contributed by atoms with Crippen LogP contribution in [0.2, 0.25) is 0 Å². The Hall–Kier alpha value is -3.13. The fourth-order valence-corrected chi connectivity index (χ4v) is 5.17. The summed E-state index contributed by atoms with van der Waals surface area (Å²) in [6.07, 6.45) is 0. The first-order valence-electron chi connectivity index (χ1n) is 11.2. The van der Waals surface area contributed by atoms with Gasteiger partial charge in [-0.05, 0) is 36.6 Å². The average Bonchev–Trinajstić information content (AvgIpc) is 2.82. The number of esters is 1. The van der Waals surface area contributed by atoms with Gasteiger partial charge in [0.05, 0.1) is 19.4 Å². The number of methoxy groups -OCH3 is 1. The van der Waals surface area contributed by atoms with E-state index in [0.717, 1.165) is 10.9 Å². The maximum absolute atomic E-state index is 13.7. The van der Waals surface area contributed by atoms with Gasteiger partial charge in [-0.25, -0.2) is 9.36 Å². The van der Waals surface area contributed by atoms with E-state index in [0.29, 0.717) is 17.0 Å². The van der Waals surface area contributed by atoms with Crippen molar-refractivity contribution >= 4 is 30.4 Å². The van der Waals surface area contributed by atoms with Crippen molar-refractivity contribution in [2.45, 2.75) is 26.8 Å². The molecule has 0 aliphatic carbocycles. The fourth-order valence-electron chi connectivity index (χ4n) is 3.52. The number of anilines is 1. The third kappa shape index (κ3) is 6.72. The minimum Gasteiger partial charge on any atom is -0.468 e. The van der Waals surface area contributed by atoms with Crippen LogP contribution >= 0.6 is 7.75 Å². The maximum atomic E-state index is 13.7. The molecule has 2 atom stereocenters. The summed E-state index contributed by atoms with van der Waals surface area (Å²) in [5.74, 6) is -0.485. The van der Waals surface area contributed by atoms with Crippen LogP contribution in [-0.2, 0) is 18.6 Å². The lowest BCUT2D eigenvalue weighted by Crippen LogP contribution is -2.41. The Morgan fingerprint density at radius 2 is 1.86 bits per heavy atom. The predicted octanol–water partition coefficient (Wildman–Crippen LogP) is 4.53. The number of benzene rings is 2. The van der Waals surface area contributed by atoms with Crippen LogP contribution in [-0.4, -0.2) is 39.3 Å². The van der Waals surface area contributed by atoms with Gasteiger partial charge in [-0.2, -0.15) is 5.09 Å². The van der Waals surface area contributed by atoms with Crippen molar-refractivity contribution in [1.82, 2.24) is 5.09 Å². The molecule has 0 bridgehead atoms. The minimum atomic E-state index is -3.99. The van der Waals surface area contributed by atoms with Gasteiger partial charge in [0, 0.05) is 25.0 Å². The molecule has 3 rings (SSSR count). The first-order valence-corrected chi connectivity index (χ1v) is 12.8. The molecular weight excluding hydrogens is 471 g/mol. The largest absolute Gasteiger partial charge is 0.468 e. The highest BCUT2D eigenvalue weighted by Crippen LogP contribution is 2.45. The van der Waals surface area contributed by atoms with Crippen LogP contribution in [0.3, 0.4) is 0 Å². The first kappa shape index (κ1) is 26.5. The summed E-state index contributed by atoms with van der Waals surface area (Å²) < 4.78 is 35.4. The zero-order valence-electron chi connectivity index (χ0n) is 20.5. The normalized spacial score (nSPS) is 13.9. The Balaban J connectivity index is 1.80. The van der Waals surface area contributed by atoms with Crippen molar-refractivity contribution in [3.63, 3.8) is 0 Å². The van der Waals surface area contributed by atoms with Crippen LogP contribution in [0.1, 0.15) is 19.4 Å². The molecule has 9 nitrogen and oxygen atoms in total. The molecule has 0 saturated heterocycles. The highest BCUT2D eigenvalue weighted by atomic mass is 31.2. The number of likely N-dealkylation sites (N-methyl/N-ethyl adjacent to an activating group) is 1. The van der Waals surface area contributed by atoms with E-state index in [4.69, 9.17) is 18.2 Å². The van der Waals surface area contributed by atoms with Gasteiger partial charge >= 0.3 is 19.3 Å². The molecular formula is C25H31N2O7P. The summed E-state index contributed by atoms with van der Waals surface area (Å²) in [5, 5.41) is 3.52. The second-order valence-corrected chi connectivity index (χ2v) is 10.1. The van der Waals surface area contributed by atoms with Gasteiger partial charge in [-0.1, -0.05) is 44.2 Å². The number of carbonyl (C=O) groups is 1. The standard InChI is InChI=1S/C25H31N2O7P/c1-17(2)23(25(29)31-5)26-35(30,34-19-11-7-6-8-12-19)32-15-14-27(4)21-16-22(28)33-24-18(3)10-9-13-20(21)24/h6-13,16-17,23H,14-15H2,1-5H3,(H,26,30). The van der Waals surface area contributed by atoms with Crippen LogP contribution in [0.25, 0.3) is 11.0 Å². The number of ether oxygens (including phenoxy) is 1. The molecule has 1 aromatic heterocycles. The number of para-hydroxylation sites is 2. The highest BCUT2D eigenvalue weighted by Gasteiger charge is 2.36. The van der Waals surface area contributed by atoms with Gasteiger partial charge in [-0.15, -0.1) is 0 Å². The second-order valence-electron chi connectivity index (χ2n) is 8.43. The van der Waals surface area contributed by atoms with E-state index in [9.17, 15) is 14.2 Å². The molecule has 2 aromatic carbocycles. The molecule has 188 valence electrons. The van der Waals surface area contributed by atoms with Gasteiger partial charge in [-0.3, -0.25) is 9.32 Å². The summed E-state index contributed by atoms with van der Waals surface area (Å²) in [5.41, 5.74) is 1.55. The third-order valence-corrected chi connectivity index (χ3v) is 7.00. The molecule has 2 unspecified atom stereocenters. The summed E-state index contributed by atoms with van der Waals surface area (Å²) in [6.45, 7) is 5.72. The number of rotatable bonds is 11. The van der Waals surface area contributed by atoms with Crippen LogP contribution < -0.4 is 20.1 Å². The van der Waals surface area contributed by atoms with Crippen molar-refractivity contribution in [3.8, 4) is 5.75 Å². The summed E-state index contributed by atoms with van der Waals surface area (Å²) in [4.78, 5) is 26.2. The van der Waals surface area contributed by atoms with Gasteiger partial charge < -0.3 is 18.6 Å². The van der Waals surface area contributed by atoms with Crippen LogP contribution in [0.5, 0.6) is 5.75 Å². The van der Waals surface area contributed by atoms with E-state index in [1.54, 1.807) is 51.2 Å². The minimum absolute atomic E-state index is 0.0207. The number of nitrogens with one attached hydrogen (secondary N) is 1. The highest BCUT2D eigenvalue weighted by molar-refractivity contribution is 7.52. The number of carbonyl (C=O) groups excluding carboxylic acids is 1. The molecule has 10 heteroatoms. The predicted molar refractivity (Wildman–Crippen MR) is 135 cm³/mol. The number of aryl methyl sites for hydroxylation is 1. The lowest BCUT2D eigenvalue weighted by molar-refractivity contribution is -0.143. The number of fused-ring (bicyclic) bond motifs is 1. The quantitative estimate of drug-likeness (QED) is 0.230. The van der Waals surface area contributed by atoms with Gasteiger partial charge in [0.1, 0.15) is 17.4 Å². The molecule has 0 radical (unpaired) electrons. The van der Waals surface area contributed by atoms with Crippen molar-refractivity contribution in [2.24, 2.45) is 5.92 Å². The van der Waals surface area contributed by atoms with E-state index >= 15 is 0 Å². The van der Waals surface area contributed by atoms with Crippen molar-refractivity contribution in [1.29, 1.82) is 0 Å². The lowest BCUT2D eigenvalue weighted by atomic mass is 10.1. The summed E-state index contributed by atoms with van der Waals surface area (Å²) >= 11 is 0. The first-order chi connectivity index (χ1) is 16.6. The zero-order chi connectivity index (χ0) is 25.6. The average molecular weight is 503 g/mol. The monoisotopic (exact) mass is 502 g/mol. The topological polar surface area (TPSA) is 107 Å². The Kier molecular flexibility index (Phi) is 8.72. The summed E-state index contributed by atoms with van der Waals surface area (Å²) in [6, 6.07) is 14.7. The molecule has 0 amide bonds. The van der Waals surface area contributed by atoms with E-state index in [1.807, 2.05) is 30.0 Å². The fraction of sp³-hybridized carbons (Fsp3) is 0.360. The molecule has 0 spiro atoms. The molecule has 0 aliphatic heterocycles. The summed E-state index contributed by atoms with van der Waals surface area (Å²) in [7, 11) is -0.931. The number of hydrogen-bond donors (Lipinski definition) is 1. The molecule has 0 fully saturated rings. The van der Waals surface area contributed by atoms with E-state index < -0.39 is 25.4 Å². The molecule has 0 aliphatic rings. The van der Waals surface area contributed by atoms with Crippen LogP contribution in [0.15, 0.2) is 63.8 Å². The Labute approximate surface area is 204 Å². The molecule has 1 heterocycles. The maximum Gasteiger partial charge on any atom is 0.459 e.